The molecule has 7 heteroatoms. The van der Waals surface area contributed by atoms with Crippen LogP contribution < -0.4 is 10.6 Å². The maximum Gasteiger partial charge on any atom is 0.318 e. The Labute approximate surface area is 162 Å². The summed E-state index contributed by atoms with van der Waals surface area (Å²) in [6.07, 6.45) is 1.90. The summed E-state index contributed by atoms with van der Waals surface area (Å²) in [6, 6.07) is 10.4. The summed E-state index contributed by atoms with van der Waals surface area (Å²) in [4.78, 5) is 26.2. The van der Waals surface area contributed by atoms with Crippen LogP contribution in [0.3, 0.4) is 0 Å². The molecule has 0 aliphatic heterocycles. The van der Waals surface area contributed by atoms with Gasteiger partial charge in [-0.15, -0.1) is 0 Å². The average molecular weight is 387 g/mol. The summed E-state index contributed by atoms with van der Waals surface area (Å²) in [5.41, 5.74) is 1.58. The van der Waals surface area contributed by atoms with Crippen LogP contribution in [0.5, 0.6) is 0 Å². The van der Waals surface area contributed by atoms with Crippen LogP contribution in [0.2, 0.25) is 0 Å². The summed E-state index contributed by atoms with van der Waals surface area (Å²) in [6.45, 7) is 2.52. The molecule has 28 heavy (non-hydrogen) atoms. The van der Waals surface area contributed by atoms with Gasteiger partial charge in [-0.2, -0.15) is 0 Å². The van der Waals surface area contributed by atoms with Gasteiger partial charge in [0.05, 0.1) is 0 Å². The molecule has 1 aliphatic rings. The van der Waals surface area contributed by atoms with Gasteiger partial charge in [-0.3, -0.25) is 4.79 Å². The third kappa shape index (κ3) is 5.28. The smallest absolute Gasteiger partial charge is 0.318 e. The second-order valence-corrected chi connectivity index (χ2v) is 6.94. The zero-order chi connectivity index (χ0) is 20.1. The number of rotatable bonds is 7. The predicted molar refractivity (Wildman–Crippen MR) is 102 cm³/mol. The number of halogens is 2. The Morgan fingerprint density at radius 2 is 1.71 bits per heavy atom. The summed E-state index contributed by atoms with van der Waals surface area (Å²) < 4.78 is 26.6. The van der Waals surface area contributed by atoms with E-state index in [9.17, 15) is 18.4 Å². The Hall–Kier alpha value is -2.96. The minimum atomic E-state index is -0.429. The molecule has 0 radical (unpaired) electrons. The molecule has 5 nitrogen and oxygen atoms in total. The first-order valence-electron chi connectivity index (χ1n) is 9.27. The summed E-state index contributed by atoms with van der Waals surface area (Å²) in [7, 11) is 0. The molecule has 3 amide bonds. The van der Waals surface area contributed by atoms with Crippen LogP contribution in [-0.4, -0.2) is 36.0 Å². The molecule has 0 saturated heterocycles. The molecule has 1 saturated carbocycles. The molecule has 0 atom stereocenters. The third-order valence-electron chi connectivity index (χ3n) is 4.64. The second-order valence-electron chi connectivity index (χ2n) is 6.94. The first kappa shape index (κ1) is 19.8. The summed E-state index contributed by atoms with van der Waals surface area (Å²) in [5, 5.41) is 5.45. The highest BCUT2D eigenvalue weighted by molar-refractivity contribution is 5.94. The van der Waals surface area contributed by atoms with Crippen LogP contribution in [-0.2, 0) is 6.54 Å². The Bertz CT molecular complexity index is 851. The number of benzene rings is 2. The Kier molecular flexibility index (Phi) is 6.23. The van der Waals surface area contributed by atoms with Gasteiger partial charge >= 0.3 is 6.03 Å². The van der Waals surface area contributed by atoms with E-state index in [4.69, 9.17) is 0 Å². The topological polar surface area (TPSA) is 61.4 Å². The molecule has 3 rings (SSSR count). The Morgan fingerprint density at radius 3 is 2.36 bits per heavy atom. The van der Waals surface area contributed by atoms with E-state index in [2.05, 4.69) is 10.6 Å². The molecule has 1 aliphatic carbocycles. The third-order valence-corrected chi connectivity index (χ3v) is 4.64. The predicted octanol–water partition coefficient (Wildman–Crippen LogP) is 3.38. The van der Waals surface area contributed by atoms with E-state index in [1.165, 1.54) is 18.2 Å². The van der Waals surface area contributed by atoms with Gasteiger partial charge in [-0.25, -0.2) is 13.6 Å². The molecule has 0 unspecified atom stereocenters. The number of urea groups is 1. The van der Waals surface area contributed by atoms with Gasteiger partial charge < -0.3 is 15.5 Å². The standard InChI is InChI=1S/C21H23F2N3O2/c1-14-2-5-16(12-19(14)23)20(27)24-10-11-25-21(28)26(18-8-9-18)13-15-3-6-17(22)7-4-15/h2-7,12,18H,8-11,13H2,1H3,(H,24,27)(H,25,28). The molecule has 0 heterocycles. The highest BCUT2D eigenvalue weighted by Gasteiger charge is 2.32. The van der Waals surface area contributed by atoms with Crippen molar-refractivity contribution in [1.29, 1.82) is 0 Å². The highest BCUT2D eigenvalue weighted by Crippen LogP contribution is 2.28. The minimum absolute atomic E-state index is 0.190. The van der Waals surface area contributed by atoms with Crippen molar-refractivity contribution in [2.75, 3.05) is 13.1 Å². The van der Waals surface area contributed by atoms with Crippen molar-refractivity contribution < 1.29 is 18.4 Å². The van der Waals surface area contributed by atoms with Crippen molar-refractivity contribution in [2.24, 2.45) is 0 Å². The number of amides is 3. The number of nitrogens with zero attached hydrogens (tertiary/aromatic N) is 1. The highest BCUT2D eigenvalue weighted by atomic mass is 19.1. The number of hydrogen-bond acceptors (Lipinski definition) is 2. The maximum atomic E-state index is 13.5. The maximum absolute atomic E-state index is 13.5. The summed E-state index contributed by atoms with van der Waals surface area (Å²) >= 11 is 0. The fraction of sp³-hybridized carbons (Fsp3) is 0.333. The molecular weight excluding hydrogens is 364 g/mol. The number of aryl methyl sites for hydroxylation is 1. The van der Waals surface area contributed by atoms with Crippen LogP contribution in [0.4, 0.5) is 13.6 Å². The van der Waals surface area contributed by atoms with Gasteiger partial charge in [0.25, 0.3) is 5.91 Å². The van der Waals surface area contributed by atoms with Crippen LogP contribution in [0.15, 0.2) is 42.5 Å². The van der Waals surface area contributed by atoms with Gasteiger partial charge in [0, 0.05) is 31.2 Å². The van der Waals surface area contributed by atoms with E-state index in [1.807, 2.05) is 0 Å². The molecular formula is C21H23F2N3O2. The van der Waals surface area contributed by atoms with Crippen molar-refractivity contribution in [3.05, 3.63) is 70.8 Å². The monoisotopic (exact) mass is 387 g/mol. The Balaban J connectivity index is 1.46. The van der Waals surface area contributed by atoms with Gasteiger partial charge in [0.1, 0.15) is 11.6 Å². The lowest BCUT2D eigenvalue weighted by Crippen LogP contribution is -2.43. The van der Waals surface area contributed by atoms with Gasteiger partial charge in [-0.05, 0) is 55.2 Å². The molecule has 148 valence electrons. The van der Waals surface area contributed by atoms with E-state index in [1.54, 1.807) is 36.1 Å². The van der Waals surface area contributed by atoms with Gasteiger partial charge in [-0.1, -0.05) is 18.2 Å². The SMILES string of the molecule is Cc1ccc(C(=O)NCCNC(=O)N(Cc2ccc(F)cc2)C2CC2)cc1F. The van der Waals surface area contributed by atoms with Crippen molar-refractivity contribution in [1.82, 2.24) is 15.5 Å². The van der Waals surface area contributed by atoms with E-state index in [0.717, 1.165) is 18.4 Å². The zero-order valence-electron chi connectivity index (χ0n) is 15.7. The second kappa shape index (κ2) is 8.82. The first-order chi connectivity index (χ1) is 13.4. The fourth-order valence-electron chi connectivity index (χ4n) is 2.82. The fourth-order valence-corrected chi connectivity index (χ4v) is 2.82. The van der Waals surface area contributed by atoms with Crippen molar-refractivity contribution >= 4 is 11.9 Å². The minimum Gasteiger partial charge on any atom is -0.350 e. The van der Waals surface area contributed by atoms with E-state index in [-0.39, 0.29) is 36.5 Å². The first-order valence-corrected chi connectivity index (χ1v) is 9.27. The van der Waals surface area contributed by atoms with E-state index in [0.29, 0.717) is 12.1 Å². The molecule has 2 aromatic rings. The van der Waals surface area contributed by atoms with Crippen molar-refractivity contribution in [3.8, 4) is 0 Å². The van der Waals surface area contributed by atoms with Gasteiger partial charge in [0.15, 0.2) is 0 Å². The lowest BCUT2D eigenvalue weighted by Gasteiger charge is -2.23. The van der Waals surface area contributed by atoms with Crippen LogP contribution in [0.1, 0.15) is 34.3 Å². The van der Waals surface area contributed by atoms with E-state index >= 15 is 0 Å². The zero-order valence-corrected chi connectivity index (χ0v) is 15.7. The van der Waals surface area contributed by atoms with E-state index < -0.39 is 11.7 Å². The molecule has 0 spiro atoms. The largest absolute Gasteiger partial charge is 0.350 e. The lowest BCUT2D eigenvalue weighted by atomic mass is 10.1. The normalized spacial score (nSPS) is 13.1. The van der Waals surface area contributed by atoms with Crippen molar-refractivity contribution in [3.63, 3.8) is 0 Å². The number of carbonyl (C=O) groups is 2. The van der Waals surface area contributed by atoms with Gasteiger partial charge in [0.2, 0.25) is 0 Å². The molecule has 0 aromatic heterocycles. The number of carbonyl (C=O) groups excluding carboxylic acids is 2. The van der Waals surface area contributed by atoms with Crippen LogP contribution in [0, 0.1) is 18.6 Å². The Morgan fingerprint density at radius 1 is 1.04 bits per heavy atom. The van der Waals surface area contributed by atoms with Crippen molar-refractivity contribution in [2.45, 2.75) is 32.4 Å². The van der Waals surface area contributed by atoms with Crippen LogP contribution >= 0.6 is 0 Å². The quantitative estimate of drug-likeness (QED) is 0.716. The molecule has 1 fully saturated rings. The van der Waals surface area contributed by atoms with Crippen LogP contribution in [0.25, 0.3) is 0 Å². The average Bonchev–Trinajstić information content (AvgIpc) is 3.51. The molecule has 2 aromatic carbocycles. The molecule has 0 bridgehead atoms. The number of hydrogen-bond donors (Lipinski definition) is 2. The lowest BCUT2D eigenvalue weighted by molar-refractivity contribution is 0.0953. The molecule has 2 N–H and O–H groups in total. The summed E-state index contributed by atoms with van der Waals surface area (Å²) in [5.74, 6) is -1.13. The number of nitrogens with one attached hydrogen (secondary N) is 2.